The lowest BCUT2D eigenvalue weighted by molar-refractivity contribution is -0.0301. The summed E-state index contributed by atoms with van der Waals surface area (Å²) in [5.74, 6) is 0.395. The molecule has 4 aliphatic rings. The number of hydrogen-bond donors (Lipinski definition) is 9. The molecule has 4 fully saturated rings. The molecule has 4 aliphatic heterocycles. The average Bonchev–Trinajstić information content (AvgIpc) is 4.58. The van der Waals surface area contributed by atoms with Crippen molar-refractivity contribution in [3.05, 3.63) is 77.9 Å². The zero-order chi connectivity index (χ0) is 64.7. The van der Waals surface area contributed by atoms with E-state index in [0.717, 1.165) is 26.2 Å². The van der Waals surface area contributed by atoms with Crippen LogP contribution in [0.25, 0.3) is 22.3 Å². The van der Waals surface area contributed by atoms with E-state index in [1.165, 1.54) is 28.9 Å². The molecular formula is C48H75N16O20P3S. The van der Waals surface area contributed by atoms with Crippen molar-refractivity contribution in [3.8, 4) is 0 Å². The number of aromatic amines is 2. The summed E-state index contributed by atoms with van der Waals surface area (Å²) in [7, 11) is -3.11. The van der Waals surface area contributed by atoms with Crippen LogP contribution >= 0.6 is 22.4 Å². The molecule has 36 nitrogen and oxygen atoms in total. The fraction of sp³-hybridized carbons (Fsp3) is 0.625. The quantitative estimate of drug-likeness (QED) is 0.0558. The van der Waals surface area contributed by atoms with E-state index in [4.69, 9.17) is 76.5 Å². The van der Waals surface area contributed by atoms with Crippen LogP contribution in [0.5, 0.6) is 0 Å². The third-order valence-electron chi connectivity index (χ3n) is 14.6. The van der Waals surface area contributed by atoms with Crippen molar-refractivity contribution < 1.29 is 74.6 Å². The number of hydrogen-bond acceptors (Lipinski definition) is 28. The maximum absolute atomic E-state index is 11.9. The molecule has 6 aromatic rings. The van der Waals surface area contributed by atoms with Gasteiger partial charge in [-0.25, -0.2) is 28.7 Å². The van der Waals surface area contributed by atoms with E-state index in [1.54, 1.807) is 35.6 Å². The fourth-order valence-electron chi connectivity index (χ4n) is 10.0. The molecule has 488 valence electrons. The van der Waals surface area contributed by atoms with Crippen LogP contribution < -0.4 is 45.4 Å². The topological polar surface area (TPSA) is 497 Å². The molecule has 4 saturated heterocycles. The maximum Gasteiger partial charge on any atom is 0.472 e. The number of imidazole rings is 2. The van der Waals surface area contributed by atoms with E-state index in [-0.39, 0.29) is 83.3 Å². The number of nitrogens with zero attached hydrogens (tertiary/aromatic N) is 10. The number of aryl methyl sites for hydroxylation is 2. The van der Waals surface area contributed by atoms with Gasteiger partial charge in [-0.2, -0.15) is 19.9 Å². The van der Waals surface area contributed by atoms with Crippen molar-refractivity contribution in [2.75, 3.05) is 51.4 Å². The summed E-state index contributed by atoms with van der Waals surface area (Å²) >= 11 is 4.91. The molecule has 6 aromatic heterocycles. The van der Waals surface area contributed by atoms with Crippen LogP contribution in [-0.4, -0.2) is 150 Å². The molecule has 0 spiro atoms. The number of phosphoric ester groups is 2. The third kappa shape index (κ3) is 16.6. The van der Waals surface area contributed by atoms with Gasteiger partial charge in [0.15, 0.2) is 22.3 Å². The smallest absolute Gasteiger partial charge is 0.383 e. The largest absolute Gasteiger partial charge is 0.472 e. The molecule has 10 heterocycles. The van der Waals surface area contributed by atoms with E-state index >= 15 is 0 Å². The van der Waals surface area contributed by atoms with Gasteiger partial charge < -0.3 is 70.3 Å². The van der Waals surface area contributed by atoms with E-state index < -0.39 is 88.4 Å². The number of anilines is 4. The van der Waals surface area contributed by atoms with Crippen molar-refractivity contribution in [3.63, 3.8) is 0 Å². The summed E-state index contributed by atoms with van der Waals surface area (Å²) in [6.45, 7) is 7.93. The standard InChI is InChI=1S/C12H18N5O6P.C12H18N5O5PS.C12H20N3O6P.C12H19N3O3/c1-3-6-7(23-24(19,20)21-2)4-8(22-6)17-5-14-9-10(17)15-12(13)16-11(9)18;1-3-6-7(22-23(19,24)20-2)4-8(21-6)17-5-14-9-10(17)15-12(13)16-11(9)18;1-4-8-9(21-22(17,18)19-3)5-10(20-8)15-6-7(2)11(13)14-12(15)16;1-4-8-9(17-3)5-10(18-8)15-6-7(2)11(13)14-12(15)16/h5-8H,3-4H2,1-2H3,(H,19,20)(H3,13,15,16,18);5-8H,3-4H2,1-2H3,(H,19,24)(H3,13,15,16,18);6,8-10H,4-5H2,1-3H3,(H,17,18)(H2,13,14,16);6,8-10H,4-5H2,1-3H3,(H2,13,14,16)/t6-,7-,8-;6-,7-,8-,23?;2*8-,9-,10-/m1111/s1. The molecule has 0 bridgehead atoms. The molecule has 0 aromatic carbocycles. The van der Waals surface area contributed by atoms with Crippen molar-refractivity contribution in [1.82, 2.24) is 58.1 Å². The summed E-state index contributed by atoms with van der Waals surface area (Å²) in [5, 5.41) is 0. The van der Waals surface area contributed by atoms with Gasteiger partial charge >= 0.3 is 33.7 Å². The lowest BCUT2D eigenvalue weighted by Gasteiger charge is -2.21. The number of ether oxygens (including phenoxy) is 5. The van der Waals surface area contributed by atoms with Gasteiger partial charge in [-0.3, -0.25) is 55.9 Å². The number of H-pyrrole nitrogens is 2. The maximum atomic E-state index is 11.9. The van der Waals surface area contributed by atoms with Crippen LogP contribution in [-0.2, 0) is 71.8 Å². The van der Waals surface area contributed by atoms with Gasteiger partial charge in [0.05, 0.1) is 61.5 Å². The first-order chi connectivity index (χ1) is 41.5. The number of aromatic nitrogens is 12. The second-order valence-electron chi connectivity index (χ2n) is 20.3. The minimum atomic E-state index is -4.14. The van der Waals surface area contributed by atoms with Crippen LogP contribution in [0.1, 0.15) is 115 Å². The Morgan fingerprint density at radius 2 is 0.875 bits per heavy atom. The molecule has 0 aliphatic carbocycles. The number of nitrogens with one attached hydrogen (secondary N) is 2. The Hall–Kier alpha value is -5.79. The molecule has 88 heavy (non-hydrogen) atoms. The van der Waals surface area contributed by atoms with Gasteiger partial charge in [0.2, 0.25) is 11.9 Å². The Balaban J connectivity index is 0.000000168. The van der Waals surface area contributed by atoms with Gasteiger partial charge in [0.25, 0.3) is 11.1 Å². The Morgan fingerprint density at radius 3 is 1.19 bits per heavy atom. The molecule has 0 radical (unpaired) electrons. The highest BCUT2D eigenvalue weighted by Crippen LogP contribution is 2.50. The van der Waals surface area contributed by atoms with Crippen LogP contribution in [0, 0.1) is 13.8 Å². The Kier molecular flexibility index (Phi) is 23.3. The van der Waals surface area contributed by atoms with Gasteiger partial charge in [-0.1, -0.05) is 27.7 Å². The summed E-state index contributed by atoms with van der Waals surface area (Å²) in [5.41, 5.74) is 22.9. The van der Waals surface area contributed by atoms with Crippen LogP contribution in [0.15, 0.2) is 44.2 Å². The Bertz CT molecular complexity index is 3640. The predicted octanol–water partition coefficient (Wildman–Crippen LogP) is 2.99. The molecule has 40 heteroatoms. The van der Waals surface area contributed by atoms with E-state index in [9.17, 15) is 43.0 Å². The van der Waals surface area contributed by atoms with Gasteiger partial charge in [-0.05, 0) is 51.3 Å². The second-order valence-corrected chi connectivity index (χ2v) is 26.2. The third-order valence-corrected chi connectivity index (χ3v) is 18.3. The first kappa shape index (κ1) is 69.7. The van der Waals surface area contributed by atoms with E-state index in [1.807, 2.05) is 34.6 Å². The lowest BCUT2D eigenvalue weighted by Crippen LogP contribution is -2.28. The highest BCUT2D eigenvalue weighted by molar-refractivity contribution is 8.07. The SMILES string of the molecule is CC[C@H]1O[C@@H](n2cc(C)c(N)nc2=O)C[C@H]1OC.CC[C@H]1O[C@@H](n2cc(C)c(N)nc2=O)C[C@H]1OP(=O)(O)OC.CC[C@H]1O[C@@H](n2cnc3c(=O)[nH]c(N)nc32)C[C@H]1OP(=O)(O)OC.CC[C@H]1O[C@@H](n2cnc3c(=O)[nH]c(N)nc32)C[C@H]1OP(O)(=S)OC. The molecule has 0 saturated carbocycles. The number of rotatable bonds is 18. The second kappa shape index (κ2) is 29.4. The minimum Gasteiger partial charge on any atom is -0.383 e. The highest BCUT2D eigenvalue weighted by atomic mass is 32.5. The first-order valence-electron chi connectivity index (χ1n) is 27.5. The summed E-state index contributed by atoms with van der Waals surface area (Å²) in [6, 6.07) is 0. The zero-order valence-electron chi connectivity index (χ0n) is 49.7. The predicted molar refractivity (Wildman–Crippen MR) is 318 cm³/mol. The number of nitrogens with two attached hydrogens (primary N) is 4. The van der Waals surface area contributed by atoms with Crippen molar-refractivity contribution >= 4 is 80.0 Å². The summed E-state index contributed by atoms with van der Waals surface area (Å²) in [4.78, 5) is 105. The van der Waals surface area contributed by atoms with Gasteiger partial charge in [0.1, 0.15) is 36.5 Å². The molecule has 3 unspecified atom stereocenters. The molecule has 10 rings (SSSR count). The number of fused-ring (bicyclic) bond motifs is 2. The van der Waals surface area contributed by atoms with Crippen molar-refractivity contribution in [1.29, 1.82) is 0 Å². The molecule has 13 N–H and O–H groups in total. The molecule has 15 atom stereocenters. The molecular weight excluding hydrogens is 1250 g/mol. The van der Waals surface area contributed by atoms with Crippen molar-refractivity contribution in [2.45, 2.75) is 167 Å². The monoisotopic (exact) mass is 1320 g/mol. The summed E-state index contributed by atoms with van der Waals surface area (Å²) in [6.07, 6.45) is 5.52. The van der Waals surface area contributed by atoms with E-state index in [2.05, 4.69) is 48.9 Å². The minimum absolute atomic E-state index is 0.00247. The molecule has 0 amide bonds. The van der Waals surface area contributed by atoms with Crippen LogP contribution in [0.2, 0.25) is 0 Å². The number of phosphoric acid groups is 2. The Morgan fingerprint density at radius 1 is 0.545 bits per heavy atom. The first-order valence-corrected chi connectivity index (χ1v) is 33.1. The summed E-state index contributed by atoms with van der Waals surface area (Å²) < 4.78 is 87.5. The van der Waals surface area contributed by atoms with Crippen molar-refractivity contribution in [2.24, 2.45) is 0 Å². The zero-order valence-corrected chi connectivity index (χ0v) is 53.2. The average molecular weight is 1320 g/mol. The number of nitrogen functional groups attached to an aromatic ring is 4. The number of methoxy groups -OCH3 is 1. The lowest BCUT2D eigenvalue weighted by atomic mass is 10.1. The van der Waals surface area contributed by atoms with Crippen LogP contribution in [0.4, 0.5) is 23.5 Å². The Labute approximate surface area is 506 Å². The fourth-order valence-corrected chi connectivity index (χ4v) is 12.3. The van der Waals surface area contributed by atoms with Gasteiger partial charge in [-0.15, -0.1) is 0 Å². The van der Waals surface area contributed by atoms with E-state index in [0.29, 0.717) is 43.3 Å². The highest BCUT2D eigenvalue weighted by Gasteiger charge is 2.44. The normalized spacial score (nSPS) is 27.1. The van der Waals surface area contributed by atoms with Gasteiger partial charge in [0, 0.05) is 77.6 Å². The van der Waals surface area contributed by atoms with Crippen LogP contribution in [0.3, 0.4) is 0 Å².